The summed E-state index contributed by atoms with van der Waals surface area (Å²) in [5.74, 6) is 0.108. The molecule has 1 amide bonds. The number of amides is 1. The van der Waals surface area contributed by atoms with Gasteiger partial charge in [0.15, 0.2) is 0 Å². The molecule has 0 heterocycles. The number of hydrogen-bond donors (Lipinski definition) is 2. The van der Waals surface area contributed by atoms with Crippen LogP contribution in [0.3, 0.4) is 0 Å². The van der Waals surface area contributed by atoms with Crippen LogP contribution in [0.15, 0.2) is 18.2 Å². The summed E-state index contributed by atoms with van der Waals surface area (Å²) in [6.45, 7) is 5.37. The normalized spacial score (nSPS) is 14.7. The maximum Gasteiger partial charge on any atom is 0.234 e. The molecular weight excluding hydrogens is 212 g/mol. The molecule has 0 spiro atoms. The molecule has 1 saturated carbocycles. The molecule has 1 aliphatic carbocycles. The molecular formula is C14H20N2O. The van der Waals surface area contributed by atoms with Crippen LogP contribution in [0.25, 0.3) is 0 Å². The van der Waals surface area contributed by atoms with Crippen LogP contribution in [-0.4, -0.2) is 18.5 Å². The Morgan fingerprint density at radius 2 is 2.06 bits per heavy atom. The molecule has 0 radical (unpaired) electrons. The second-order valence-corrected chi connectivity index (χ2v) is 4.86. The van der Waals surface area contributed by atoms with E-state index >= 15 is 0 Å². The number of rotatable bonds is 5. The summed E-state index contributed by atoms with van der Waals surface area (Å²) < 4.78 is 0. The average molecular weight is 232 g/mol. The fourth-order valence-corrected chi connectivity index (χ4v) is 1.74. The lowest BCUT2D eigenvalue weighted by Gasteiger charge is -2.07. The topological polar surface area (TPSA) is 41.1 Å². The van der Waals surface area contributed by atoms with Crippen LogP contribution in [0, 0.1) is 13.8 Å². The van der Waals surface area contributed by atoms with Crippen molar-refractivity contribution in [2.75, 3.05) is 6.54 Å². The molecule has 3 heteroatoms. The van der Waals surface area contributed by atoms with Gasteiger partial charge in [-0.2, -0.15) is 0 Å². The zero-order valence-corrected chi connectivity index (χ0v) is 10.5. The molecule has 1 aromatic rings. The van der Waals surface area contributed by atoms with Gasteiger partial charge in [0, 0.05) is 12.6 Å². The number of aryl methyl sites for hydroxylation is 2. The van der Waals surface area contributed by atoms with E-state index in [1.54, 1.807) is 0 Å². The van der Waals surface area contributed by atoms with Crippen LogP contribution in [0.4, 0.5) is 0 Å². The van der Waals surface area contributed by atoms with Crippen LogP contribution in [0.5, 0.6) is 0 Å². The Morgan fingerprint density at radius 3 is 2.71 bits per heavy atom. The third-order valence-corrected chi connectivity index (χ3v) is 3.13. The number of hydrogen-bond acceptors (Lipinski definition) is 2. The molecule has 2 N–H and O–H groups in total. The van der Waals surface area contributed by atoms with E-state index < -0.39 is 0 Å². The first-order valence-electron chi connectivity index (χ1n) is 6.21. The van der Waals surface area contributed by atoms with Crippen molar-refractivity contribution in [3.05, 3.63) is 34.9 Å². The Morgan fingerprint density at radius 1 is 1.29 bits per heavy atom. The Labute approximate surface area is 103 Å². The molecule has 0 aliphatic heterocycles. The van der Waals surface area contributed by atoms with Gasteiger partial charge in [-0.05, 0) is 43.4 Å². The lowest BCUT2D eigenvalue weighted by molar-refractivity contribution is -0.120. The average Bonchev–Trinajstić information content (AvgIpc) is 3.07. The summed E-state index contributed by atoms with van der Waals surface area (Å²) in [5.41, 5.74) is 3.83. The zero-order valence-electron chi connectivity index (χ0n) is 10.5. The van der Waals surface area contributed by atoms with Crippen molar-refractivity contribution in [1.82, 2.24) is 10.6 Å². The van der Waals surface area contributed by atoms with Gasteiger partial charge in [-0.15, -0.1) is 0 Å². The van der Waals surface area contributed by atoms with Crippen molar-refractivity contribution in [3.63, 3.8) is 0 Å². The third kappa shape index (κ3) is 3.86. The Balaban J connectivity index is 1.73. The number of carbonyl (C=O) groups is 1. The standard InChI is InChI=1S/C14H20N2O/c1-10-3-4-12(7-11(10)2)8-15-9-14(17)16-13-5-6-13/h3-4,7,13,15H,5-6,8-9H2,1-2H3,(H,16,17). The minimum Gasteiger partial charge on any atom is -0.352 e. The van der Waals surface area contributed by atoms with Crippen molar-refractivity contribution >= 4 is 5.91 Å². The van der Waals surface area contributed by atoms with Gasteiger partial charge >= 0.3 is 0 Å². The summed E-state index contributed by atoms with van der Waals surface area (Å²) in [6.07, 6.45) is 2.28. The van der Waals surface area contributed by atoms with E-state index in [9.17, 15) is 4.79 Å². The van der Waals surface area contributed by atoms with E-state index in [4.69, 9.17) is 0 Å². The molecule has 2 rings (SSSR count). The van der Waals surface area contributed by atoms with E-state index in [0.717, 1.165) is 19.4 Å². The molecule has 92 valence electrons. The van der Waals surface area contributed by atoms with Crippen molar-refractivity contribution < 1.29 is 4.79 Å². The zero-order chi connectivity index (χ0) is 12.3. The predicted octanol–water partition coefficient (Wildman–Crippen LogP) is 1.67. The summed E-state index contributed by atoms with van der Waals surface area (Å²) in [6, 6.07) is 6.84. The van der Waals surface area contributed by atoms with Crippen LogP contribution < -0.4 is 10.6 Å². The maximum absolute atomic E-state index is 11.4. The Kier molecular flexibility index (Phi) is 3.79. The fourth-order valence-electron chi connectivity index (χ4n) is 1.74. The smallest absolute Gasteiger partial charge is 0.234 e. The number of carbonyl (C=O) groups excluding carboxylic acids is 1. The van der Waals surface area contributed by atoms with Crippen molar-refractivity contribution in [2.24, 2.45) is 0 Å². The highest BCUT2D eigenvalue weighted by molar-refractivity contribution is 5.78. The minimum absolute atomic E-state index is 0.108. The first kappa shape index (κ1) is 12.1. The molecule has 1 fully saturated rings. The molecule has 0 saturated heterocycles. The number of benzene rings is 1. The van der Waals surface area contributed by atoms with Gasteiger partial charge in [0.2, 0.25) is 5.91 Å². The highest BCUT2D eigenvalue weighted by Crippen LogP contribution is 2.18. The van der Waals surface area contributed by atoms with E-state index in [1.165, 1.54) is 16.7 Å². The lowest BCUT2D eigenvalue weighted by atomic mass is 10.1. The van der Waals surface area contributed by atoms with Crippen molar-refractivity contribution in [1.29, 1.82) is 0 Å². The second-order valence-electron chi connectivity index (χ2n) is 4.86. The van der Waals surface area contributed by atoms with Crippen molar-refractivity contribution in [2.45, 2.75) is 39.3 Å². The monoisotopic (exact) mass is 232 g/mol. The highest BCUT2D eigenvalue weighted by Gasteiger charge is 2.22. The quantitative estimate of drug-likeness (QED) is 0.811. The summed E-state index contributed by atoms with van der Waals surface area (Å²) in [5, 5.41) is 6.13. The summed E-state index contributed by atoms with van der Waals surface area (Å²) in [4.78, 5) is 11.4. The predicted molar refractivity (Wildman–Crippen MR) is 68.8 cm³/mol. The fraction of sp³-hybridized carbons (Fsp3) is 0.500. The lowest BCUT2D eigenvalue weighted by Crippen LogP contribution is -2.34. The molecule has 0 aromatic heterocycles. The number of nitrogens with one attached hydrogen (secondary N) is 2. The molecule has 3 nitrogen and oxygen atoms in total. The van der Waals surface area contributed by atoms with Gasteiger partial charge in [0.1, 0.15) is 0 Å². The third-order valence-electron chi connectivity index (χ3n) is 3.13. The molecule has 0 bridgehead atoms. The van der Waals surface area contributed by atoms with Crippen LogP contribution in [0.1, 0.15) is 29.5 Å². The maximum atomic E-state index is 11.4. The SMILES string of the molecule is Cc1ccc(CNCC(=O)NC2CC2)cc1C. The van der Waals surface area contributed by atoms with Gasteiger partial charge in [-0.25, -0.2) is 0 Å². The molecule has 17 heavy (non-hydrogen) atoms. The second kappa shape index (κ2) is 5.32. The van der Waals surface area contributed by atoms with Crippen molar-refractivity contribution in [3.8, 4) is 0 Å². The van der Waals surface area contributed by atoms with Crippen LogP contribution >= 0.6 is 0 Å². The molecule has 1 aliphatic rings. The minimum atomic E-state index is 0.108. The van der Waals surface area contributed by atoms with Gasteiger partial charge in [0.05, 0.1) is 6.54 Å². The van der Waals surface area contributed by atoms with E-state index in [-0.39, 0.29) is 5.91 Å². The van der Waals surface area contributed by atoms with E-state index in [0.29, 0.717) is 12.6 Å². The highest BCUT2D eigenvalue weighted by atomic mass is 16.2. The van der Waals surface area contributed by atoms with E-state index in [2.05, 4.69) is 42.7 Å². The molecule has 0 unspecified atom stereocenters. The van der Waals surface area contributed by atoms with Gasteiger partial charge in [-0.3, -0.25) is 4.79 Å². The van der Waals surface area contributed by atoms with Crippen LogP contribution in [0.2, 0.25) is 0 Å². The largest absolute Gasteiger partial charge is 0.352 e. The molecule has 1 aromatic carbocycles. The Hall–Kier alpha value is -1.35. The Bertz CT molecular complexity index is 411. The first-order chi connectivity index (χ1) is 8.15. The summed E-state index contributed by atoms with van der Waals surface area (Å²) in [7, 11) is 0. The molecule has 0 atom stereocenters. The van der Waals surface area contributed by atoms with E-state index in [1.807, 2.05) is 0 Å². The van der Waals surface area contributed by atoms with Crippen LogP contribution in [-0.2, 0) is 11.3 Å². The van der Waals surface area contributed by atoms with Gasteiger partial charge < -0.3 is 10.6 Å². The van der Waals surface area contributed by atoms with Gasteiger partial charge in [0.25, 0.3) is 0 Å². The van der Waals surface area contributed by atoms with Gasteiger partial charge in [-0.1, -0.05) is 18.2 Å². The summed E-state index contributed by atoms with van der Waals surface area (Å²) >= 11 is 0. The first-order valence-corrected chi connectivity index (χ1v) is 6.21.